The van der Waals surface area contributed by atoms with Gasteiger partial charge in [-0.25, -0.2) is 10.4 Å². The Morgan fingerprint density at radius 3 is 2.54 bits per heavy atom. The number of amides is 1. The van der Waals surface area contributed by atoms with Gasteiger partial charge in [0, 0.05) is 5.56 Å². The maximum Gasteiger partial charge on any atom is 0.276 e. The molecule has 2 N–H and O–H groups in total. The number of aldehydes is 1. The molecule has 1 heterocycles. The van der Waals surface area contributed by atoms with Crippen LogP contribution < -0.4 is 11.0 Å². The second kappa shape index (κ2) is 6.66. The van der Waals surface area contributed by atoms with Gasteiger partial charge < -0.3 is 4.98 Å². The lowest BCUT2D eigenvalue weighted by molar-refractivity contribution is -0.102. The van der Waals surface area contributed by atoms with Crippen LogP contribution >= 0.6 is 0 Å². The number of carbonyl (C=O) groups excluding carboxylic acids is 2. The van der Waals surface area contributed by atoms with Crippen molar-refractivity contribution in [2.45, 2.75) is 0 Å². The van der Waals surface area contributed by atoms with Crippen molar-refractivity contribution in [1.29, 1.82) is 0 Å². The number of rotatable bonds is 4. The van der Waals surface area contributed by atoms with Crippen molar-refractivity contribution in [3.8, 4) is 0 Å². The number of aromatic amines is 1. The predicted octanol–water partition coefficient (Wildman–Crippen LogP) is 1.26. The number of para-hydroxylation sites is 2. The molecule has 7 nitrogen and oxygen atoms in total. The Bertz CT molecular complexity index is 993. The molecule has 7 heteroatoms. The zero-order valence-corrected chi connectivity index (χ0v) is 12.4. The average Bonchev–Trinajstić information content (AvgIpc) is 2.63. The first-order valence-corrected chi connectivity index (χ1v) is 7.07. The average molecular weight is 320 g/mol. The molecule has 118 valence electrons. The number of fused-ring (bicyclic) bond motifs is 1. The summed E-state index contributed by atoms with van der Waals surface area (Å²) in [6.07, 6.45) is 0.373. The molecule has 1 amide bonds. The number of carbonyl (C=O) groups is 2. The summed E-state index contributed by atoms with van der Waals surface area (Å²) in [5, 5.41) is 3.72. The third-order valence-corrected chi connectivity index (χ3v) is 3.27. The Balaban J connectivity index is 1.94. The second-order valence-corrected chi connectivity index (χ2v) is 4.85. The molecule has 0 radical (unpaired) electrons. The van der Waals surface area contributed by atoms with E-state index in [1.54, 1.807) is 54.6 Å². The van der Waals surface area contributed by atoms with E-state index in [1.165, 1.54) is 0 Å². The van der Waals surface area contributed by atoms with Crippen molar-refractivity contribution in [2.75, 3.05) is 0 Å². The minimum Gasteiger partial charge on any atom is -0.319 e. The molecule has 3 aromatic rings. The fourth-order valence-corrected chi connectivity index (χ4v) is 2.10. The first-order valence-electron chi connectivity index (χ1n) is 7.07. The molecule has 0 bridgehead atoms. The van der Waals surface area contributed by atoms with Crippen LogP contribution in [-0.2, 0) is 4.79 Å². The summed E-state index contributed by atoms with van der Waals surface area (Å²) in [5.41, 5.74) is 2.71. The van der Waals surface area contributed by atoms with E-state index in [0.717, 1.165) is 0 Å². The molecular weight excluding hydrogens is 308 g/mol. The zero-order valence-electron chi connectivity index (χ0n) is 12.4. The summed E-state index contributed by atoms with van der Waals surface area (Å²) in [6, 6.07) is 15.3. The van der Waals surface area contributed by atoms with Crippen LogP contribution in [0.25, 0.3) is 11.0 Å². The van der Waals surface area contributed by atoms with E-state index in [0.29, 0.717) is 22.9 Å². The third kappa shape index (κ3) is 3.09. The summed E-state index contributed by atoms with van der Waals surface area (Å²) >= 11 is 0. The molecule has 0 aliphatic rings. The van der Waals surface area contributed by atoms with Crippen molar-refractivity contribution in [1.82, 2.24) is 15.4 Å². The minimum absolute atomic E-state index is 0.155. The van der Waals surface area contributed by atoms with Gasteiger partial charge in [0.15, 0.2) is 17.7 Å². The number of H-pyrrole nitrogens is 1. The standard InChI is InChI=1S/C17H12N4O3/c22-10-14(20-21-16(23)11-6-2-1-3-7-11)15-17(24)19-13-9-5-4-8-12(13)18-15/h1-10H,(H,19,24)(H,21,23). The van der Waals surface area contributed by atoms with E-state index < -0.39 is 11.5 Å². The minimum atomic E-state index is -0.562. The van der Waals surface area contributed by atoms with E-state index in [-0.39, 0.29) is 11.4 Å². The summed E-state index contributed by atoms with van der Waals surface area (Å²) in [6.45, 7) is 0. The molecule has 24 heavy (non-hydrogen) atoms. The molecular formula is C17H12N4O3. The van der Waals surface area contributed by atoms with Gasteiger partial charge in [-0.15, -0.1) is 0 Å². The van der Waals surface area contributed by atoms with Crippen LogP contribution in [0.1, 0.15) is 16.1 Å². The molecule has 0 unspecified atom stereocenters. The highest BCUT2D eigenvalue weighted by molar-refractivity contribution is 6.35. The van der Waals surface area contributed by atoms with Crippen LogP contribution in [0.3, 0.4) is 0 Å². The summed E-state index contributed by atoms with van der Waals surface area (Å²) < 4.78 is 0. The number of benzene rings is 2. The number of aromatic nitrogens is 2. The van der Waals surface area contributed by atoms with Crippen molar-refractivity contribution in [2.24, 2.45) is 5.10 Å². The van der Waals surface area contributed by atoms with E-state index in [9.17, 15) is 14.4 Å². The van der Waals surface area contributed by atoms with Crippen LogP contribution in [0.2, 0.25) is 0 Å². The number of hydrazone groups is 1. The zero-order chi connectivity index (χ0) is 16.9. The first kappa shape index (κ1) is 15.3. The molecule has 0 aliphatic carbocycles. The quantitative estimate of drug-likeness (QED) is 0.429. The van der Waals surface area contributed by atoms with E-state index in [1.807, 2.05) is 0 Å². The Hall–Kier alpha value is -3.61. The monoisotopic (exact) mass is 320 g/mol. The van der Waals surface area contributed by atoms with Crippen LogP contribution in [0.5, 0.6) is 0 Å². The summed E-state index contributed by atoms with van der Waals surface area (Å²) in [5.74, 6) is -0.493. The van der Waals surface area contributed by atoms with Crippen molar-refractivity contribution >= 4 is 28.9 Å². The SMILES string of the molecule is O=CC(=NNC(=O)c1ccccc1)c1nc2ccccc2[nH]c1=O. The maximum absolute atomic E-state index is 12.1. The van der Waals surface area contributed by atoms with Gasteiger partial charge in [0.05, 0.1) is 11.0 Å². The second-order valence-electron chi connectivity index (χ2n) is 4.85. The van der Waals surface area contributed by atoms with Crippen LogP contribution in [0, 0.1) is 0 Å². The highest BCUT2D eigenvalue weighted by Crippen LogP contribution is 2.06. The normalized spacial score (nSPS) is 11.2. The lowest BCUT2D eigenvalue weighted by atomic mass is 10.2. The fraction of sp³-hybridized carbons (Fsp3) is 0. The third-order valence-electron chi connectivity index (χ3n) is 3.27. The molecule has 1 aromatic heterocycles. The van der Waals surface area contributed by atoms with Crippen molar-refractivity contribution < 1.29 is 9.59 Å². The van der Waals surface area contributed by atoms with Gasteiger partial charge >= 0.3 is 0 Å². The van der Waals surface area contributed by atoms with E-state index >= 15 is 0 Å². The number of nitrogens with one attached hydrogen (secondary N) is 2. The van der Waals surface area contributed by atoms with Gasteiger partial charge in [-0.2, -0.15) is 5.10 Å². The Kier molecular flexibility index (Phi) is 4.24. The summed E-state index contributed by atoms with van der Waals surface area (Å²) in [7, 11) is 0. The fourth-order valence-electron chi connectivity index (χ4n) is 2.10. The van der Waals surface area contributed by atoms with Gasteiger partial charge in [-0.3, -0.25) is 14.4 Å². The van der Waals surface area contributed by atoms with Crippen LogP contribution in [-0.4, -0.2) is 27.9 Å². The van der Waals surface area contributed by atoms with Gasteiger partial charge in [0.25, 0.3) is 11.5 Å². The molecule has 0 aliphatic heterocycles. The van der Waals surface area contributed by atoms with Crippen LogP contribution in [0.4, 0.5) is 0 Å². The Morgan fingerprint density at radius 1 is 1.08 bits per heavy atom. The lowest BCUT2D eigenvalue weighted by Crippen LogP contribution is -2.26. The van der Waals surface area contributed by atoms with Crippen molar-refractivity contribution in [3.05, 3.63) is 76.2 Å². The highest BCUT2D eigenvalue weighted by atomic mass is 16.2. The van der Waals surface area contributed by atoms with Crippen molar-refractivity contribution in [3.63, 3.8) is 0 Å². The van der Waals surface area contributed by atoms with Gasteiger partial charge in [-0.05, 0) is 24.3 Å². The molecule has 0 saturated carbocycles. The van der Waals surface area contributed by atoms with Gasteiger partial charge in [0.1, 0.15) is 0 Å². The Labute approximate surface area is 136 Å². The molecule has 3 rings (SSSR count). The molecule has 0 saturated heterocycles. The number of hydrogen-bond donors (Lipinski definition) is 2. The molecule has 0 fully saturated rings. The highest BCUT2D eigenvalue weighted by Gasteiger charge is 2.12. The van der Waals surface area contributed by atoms with Gasteiger partial charge in [0.2, 0.25) is 0 Å². The maximum atomic E-state index is 12.1. The molecule has 2 aromatic carbocycles. The Morgan fingerprint density at radius 2 is 1.79 bits per heavy atom. The number of hydrogen-bond acceptors (Lipinski definition) is 5. The molecule has 0 spiro atoms. The largest absolute Gasteiger partial charge is 0.319 e. The van der Waals surface area contributed by atoms with Crippen LogP contribution in [0.15, 0.2) is 64.5 Å². The summed E-state index contributed by atoms with van der Waals surface area (Å²) in [4.78, 5) is 42.1. The smallest absolute Gasteiger partial charge is 0.276 e. The van der Waals surface area contributed by atoms with E-state index in [2.05, 4.69) is 20.5 Å². The number of nitrogens with zero attached hydrogens (tertiary/aromatic N) is 2. The predicted molar refractivity (Wildman–Crippen MR) is 88.9 cm³/mol. The first-order chi connectivity index (χ1) is 11.7. The van der Waals surface area contributed by atoms with E-state index in [4.69, 9.17) is 0 Å². The lowest BCUT2D eigenvalue weighted by Gasteiger charge is -2.03. The molecule has 0 atom stereocenters. The topological polar surface area (TPSA) is 104 Å². The van der Waals surface area contributed by atoms with Gasteiger partial charge in [-0.1, -0.05) is 30.3 Å².